The second-order valence-electron chi connectivity index (χ2n) is 4.89. The highest BCUT2D eigenvalue weighted by Gasteiger charge is 2.22. The van der Waals surface area contributed by atoms with E-state index in [2.05, 4.69) is 29.9 Å². The van der Waals surface area contributed by atoms with Gasteiger partial charge in [0.1, 0.15) is 0 Å². The summed E-state index contributed by atoms with van der Waals surface area (Å²) in [6, 6.07) is 0. The summed E-state index contributed by atoms with van der Waals surface area (Å²) in [5.74, 6) is -0.348. The SMILES string of the molecule is C=CC(=O)OCCCNC1=C2CCCC(=CC1)N2C. The molecule has 2 rings (SSSR count). The van der Waals surface area contributed by atoms with Gasteiger partial charge in [-0.2, -0.15) is 0 Å². The van der Waals surface area contributed by atoms with Gasteiger partial charge in [0.25, 0.3) is 0 Å². The molecule has 0 unspecified atom stereocenters. The quantitative estimate of drug-likeness (QED) is 0.453. The van der Waals surface area contributed by atoms with Crippen molar-refractivity contribution in [3.63, 3.8) is 0 Å². The summed E-state index contributed by atoms with van der Waals surface area (Å²) in [7, 11) is 2.15. The Bertz CT molecular complexity index is 424. The van der Waals surface area contributed by atoms with E-state index in [1.165, 1.54) is 36.0 Å². The summed E-state index contributed by atoms with van der Waals surface area (Å²) in [4.78, 5) is 13.2. The van der Waals surface area contributed by atoms with Gasteiger partial charge in [-0.25, -0.2) is 4.79 Å². The fourth-order valence-corrected chi connectivity index (χ4v) is 2.59. The summed E-state index contributed by atoms with van der Waals surface area (Å²) < 4.78 is 4.95. The van der Waals surface area contributed by atoms with Gasteiger partial charge in [0, 0.05) is 43.2 Å². The van der Waals surface area contributed by atoms with Crippen LogP contribution in [0.2, 0.25) is 0 Å². The van der Waals surface area contributed by atoms with Gasteiger partial charge in [0.2, 0.25) is 0 Å². The molecule has 2 aliphatic rings. The van der Waals surface area contributed by atoms with Crippen molar-refractivity contribution in [2.24, 2.45) is 0 Å². The third-order valence-corrected chi connectivity index (χ3v) is 3.64. The molecule has 0 spiro atoms. The monoisotopic (exact) mass is 262 g/mol. The zero-order valence-corrected chi connectivity index (χ0v) is 11.6. The molecule has 104 valence electrons. The largest absolute Gasteiger partial charge is 0.462 e. The molecule has 0 aromatic carbocycles. The lowest BCUT2D eigenvalue weighted by Crippen LogP contribution is -2.30. The first kappa shape index (κ1) is 13.7. The van der Waals surface area contributed by atoms with Crippen LogP contribution in [0.3, 0.4) is 0 Å². The van der Waals surface area contributed by atoms with Gasteiger partial charge < -0.3 is 15.0 Å². The zero-order chi connectivity index (χ0) is 13.7. The van der Waals surface area contributed by atoms with Crippen LogP contribution < -0.4 is 5.32 Å². The molecule has 19 heavy (non-hydrogen) atoms. The van der Waals surface area contributed by atoms with Gasteiger partial charge in [0.05, 0.1) is 6.61 Å². The maximum Gasteiger partial charge on any atom is 0.330 e. The Hall–Kier alpha value is -1.71. The molecule has 2 aliphatic heterocycles. The number of hydrogen-bond acceptors (Lipinski definition) is 4. The normalized spacial score (nSPS) is 17.9. The number of carbonyl (C=O) groups excluding carboxylic acids is 1. The smallest absolute Gasteiger partial charge is 0.330 e. The van der Waals surface area contributed by atoms with Crippen molar-refractivity contribution in [2.75, 3.05) is 20.2 Å². The molecule has 2 heterocycles. The first-order chi connectivity index (χ1) is 9.22. The summed E-state index contributed by atoms with van der Waals surface area (Å²) in [6.45, 7) is 4.64. The number of piperidine rings is 1. The Morgan fingerprint density at radius 1 is 1.58 bits per heavy atom. The van der Waals surface area contributed by atoms with Crippen molar-refractivity contribution in [3.8, 4) is 0 Å². The third kappa shape index (κ3) is 3.40. The highest BCUT2D eigenvalue weighted by molar-refractivity contribution is 5.81. The molecule has 0 atom stereocenters. The Morgan fingerprint density at radius 2 is 2.42 bits per heavy atom. The van der Waals surface area contributed by atoms with Gasteiger partial charge >= 0.3 is 5.97 Å². The molecule has 0 saturated carbocycles. The minimum absolute atomic E-state index is 0.348. The van der Waals surface area contributed by atoms with Gasteiger partial charge in [-0.15, -0.1) is 0 Å². The van der Waals surface area contributed by atoms with Crippen LogP contribution >= 0.6 is 0 Å². The number of allylic oxidation sites excluding steroid dienone is 3. The second-order valence-corrected chi connectivity index (χ2v) is 4.89. The van der Waals surface area contributed by atoms with Crippen LogP contribution in [0.25, 0.3) is 0 Å². The van der Waals surface area contributed by atoms with Crippen molar-refractivity contribution in [3.05, 3.63) is 35.8 Å². The van der Waals surface area contributed by atoms with E-state index in [0.717, 1.165) is 25.8 Å². The van der Waals surface area contributed by atoms with Gasteiger partial charge in [-0.1, -0.05) is 12.7 Å². The molecule has 0 aliphatic carbocycles. The van der Waals surface area contributed by atoms with Gasteiger partial charge in [-0.3, -0.25) is 0 Å². The Morgan fingerprint density at radius 3 is 3.21 bits per heavy atom. The lowest BCUT2D eigenvalue weighted by molar-refractivity contribution is -0.137. The van der Waals surface area contributed by atoms with Crippen LogP contribution in [0.15, 0.2) is 35.8 Å². The van der Waals surface area contributed by atoms with Crippen LogP contribution in [0, 0.1) is 0 Å². The molecule has 4 nitrogen and oxygen atoms in total. The summed E-state index contributed by atoms with van der Waals surface area (Å²) in [6.07, 6.45) is 8.92. The molecule has 0 aromatic heterocycles. The molecule has 0 aromatic rings. The van der Waals surface area contributed by atoms with Crippen molar-refractivity contribution in [2.45, 2.75) is 32.1 Å². The zero-order valence-electron chi connectivity index (χ0n) is 11.6. The van der Waals surface area contributed by atoms with E-state index in [9.17, 15) is 4.79 Å². The van der Waals surface area contributed by atoms with Crippen molar-refractivity contribution in [1.82, 2.24) is 10.2 Å². The summed E-state index contributed by atoms with van der Waals surface area (Å²) in [5, 5.41) is 3.48. The van der Waals surface area contributed by atoms with E-state index in [0.29, 0.717) is 6.61 Å². The summed E-state index contributed by atoms with van der Waals surface area (Å²) in [5.41, 5.74) is 4.19. The average Bonchev–Trinajstić information content (AvgIpc) is 2.40. The van der Waals surface area contributed by atoms with Gasteiger partial charge in [0.15, 0.2) is 0 Å². The molecule has 0 amide bonds. The summed E-state index contributed by atoms with van der Waals surface area (Å²) >= 11 is 0. The minimum Gasteiger partial charge on any atom is -0.462 e. The van der Waals surface area contributed by atoms with Crippen molar-refractivity contribution in [1.29, 1.82) is 0 Å². The number of rotatable bonds is 6. The molecule has 1 fully saturated rings. The van der Waals surface area contributed by atoms with Crippen LogP contribution in [0.4, 0.5) is 0 Å². The standard InChI is InChI=1S/C15H22N2O2/c1-3-15(18)19-11-5-10-16-13-9-8-12-6-4-7-14(13)17(12)2/h3,8,16H,1,4-7,9-11H2,2H3. The molecule has 0 radical (unpaired) electrons. The molecule has 4 heteroatoms. The number of nitrogens with zero attached hydrogens (tertiary/aromatic N) is 1. The highest BCUT2D eigenvalue weighted by Crippen LogP contribution is 2.33. The first-order valence-corrected chi connectivity index (χ1v) is 6.90. The minimum atomic E-state index is -0.348. The second kappa shape index (κ2) is 6.45. The number of nitrogens with one attached hydrogen (secondary N) is 1. The first-order valence-electron chi connectivity index (χ1n) is 6.90. The fourth-order valence-electron chi connectivity index (χ4n) is 2.59. The number of esters is 1. The van der Waals surface area contributed by atoms with E-state index in [1.54, 1.807) is 0 Å². The van der Waals surface area contributed by atoms with E-state index in [4.69, 9.17) is 4.74 Å². The lowest BCUT2D eigenvalue weighted by Gasteiger charge is -2.36. The number of ether oxygens (including phenoxy) is 1. The fraction of sp³-hybridized carbons (Fsp3) is 0.533. The molecule has 2 bridgehead atoms. The predicted molar refractivity (Wildman–Crippen MR) is 75.1 cm³/mol. The number of fused-ring (bicyclic) bond motifs is 2. The molecule has 1 N–H and O–H groups in total. The number of carbonyl (C=O) groups is 1. The van der Waals surface area contributed by atoms with E-state index in [1.807, 2.05) is 0 Å². The van der Waals surface area contributed by atoms with Crippen LogP contribution in [0.5, 0.6) is 0 Å². The maximum atomic E-state index is 10.9. The molecular weight excluding hydrogens is 240 g/mol. The lowest BCUT2D eigenvalue weighted by atomic mass is 9.96. The van der Waals surface area contributed by atoms with Crippen LogP contribution in [-0.4, -0.2) is 31.1 Å². The Balaban J connectivity index is 1.75. The van der Waals surface area contributed by atoms with Crippen LogP contribution in [-0.2, 0) is 9.53 Å². The molecule has 1 saturated heterocycles. The predicted octanol–water partition coefficient (Wildman–Crippen LogP) is 2.31. The topological polar surface area (TPSA) is 41.6 Å². The maximum absolute atomic E-state index is 10.9. The Labute approximate surface area is 114 Å². The van der Waals surface area contributed by atoms with E-state index >= 15 is 0 Å². The highest BCUT2D eigenvalue weighted by atomic mass is 16.5. The van der Waals surface area contributed by atoms with E-state index in [-0.39, 0.29) is 5.97 Å². The van der Waals surface area contributed by atoms with Crippen molar-refractivity contribution >= 4 is 5.97 Å². The van der Waals surface area contributed by atoms with E-state index < -0.39 is 0 Å². The molecular formula is C15H22N2O2. The third-order valence-electron chi connectivity index (χ3n) is 3.64. The van der Waals surface area contributed by atoms with Crippen molar-refractivity contribution < 1.29 is 9.53 Å². The van der Waals surface area contributed by atoms with Gasteiger partial charge in [-0.05, 0) is 25.7 Å². The Kier molecular flexibility index (Phi) is 4.66. The average molecular weight is 262 g/mol. The number of hydrogen-bond donors (Lipinski definition) is 1. The van der Waals surface area contributed by atoms with Crippen LogP contribution in [0.1, 0.15) is 32.1 Å².